The maximum absolute atomic E-state index is 12.6. The second-order valence-electron chi connectivity index (χ2n) is 3.74. The van der Waals surface area contributed by atoms with Crippen molar-refractivity contribution in [2.75, 3.05) is 6.61 Å². The number of ether oxygens (including phenoxy) is 2. The molecule has 0 aliphatic rings. The molecule has 1 aromatic carbocycles. The van der Waals surface area contributed by atoms with Crippen LogP contribution in [0, 0.1) is 11.3 Å². The monoisotopic (exact) mass is 359 g/mol. The Morgan fingerprint density at radius 3 is 2.30 bits per heavy atom. The van der Waals surface area contributed by atoms with Crippen molar-refractivity contribution in [3.8, 4) is 11.8 Å². The quantitative estimate of drug-likeness (QED) is 0.457. The number of esters is 1. The van der Waals surface area contributed by atoms with Crippen LogP contribution in [-0.2, 0) is 4.74 Å². The normalized spacial score (nSPS) is 11.7. The third kappa shape index (κ3) is 5.55. The summed E-state index contributed by atoms with van der Waals surface area (Å²) >= 11 is -0.986. The van der Waals surface area contributed by atoms with Gasteiger partial charge in [0.05, 0.1) is 22.6 Å². The van der Waals surface area contributed by atoms with Crippen molar-refractivity contribution < 1.29 is 40.6 Å². The first-order chi connectivity index (χ1) is 10.5. The molecule has 11 heteroatoms. The molecule has 0 heterocycles. The number of thioether (sulfide) groups is 1. The Morgan fingerprint density at radius 2 is 1.87 bits per heavy atom. The van der Waals surface area contributed by atoms with Crippen LogP contribution in [0.5, 0.6) is 5.75 Å². The topological polar surface area (TPSA) is 59.3 Å². The number of hydrogen-bond donors (Lipinski definition) is 0. The molecule has 4 nitrogen and oxygen atoms in total. The number of rotatable bonds is 4. The van der Waals surface area contributed by atoms with E-state index in [4.69, 9.17) is 5.26 Å². The number of nitriles is 1. The van der Waals surface area contributed by atoms with Crippen molar-refractivity contribution in [1.82, 2.24) is 0 Å². The van der Waals surface area contributed by atoms with Crippen LogP contribution in [0.15, 0.2) is 17.0 Å². The number of carbonyl (C=O) groups excluding carboxylic acids is 1. The zero-order valence-corrected chi connectivity index (χ0v) is 12.0. The van der Waals surface area contributed by atoms with Crippen LogP contribution >= 0.6 is 11.8 Å². The molecule has 1 aromatic rings. The minimum Gasteiger partial charge on any atom is -0.462 e. The summed E-state index contributed by atoms with van der Waals surface area (Å²) in [6.07, 6.45) is -5.26. The summed E-state index contributed by atoms with van der Waals surface area (Å²) in [6.45, 7) is 1.28. The van der Waals surface area contributed by atoms with Crippen LogP contribution in [-0.4, -0.2) is 24.4 Å². The SMILES string of the molecule is CCOC(=O)c1ccc(OC(F)(F)F)c(SC(F)(F)F)c1C#N. The van der Waals surface area contributed by atoms with Gasteiger partial charge in [0.25, 0.3) is 0 Å². The number of alkyl halides is 6. The van der Waals surface area contributed by atoms with Crippen molar-refractivity contribution in [2.45, 2.75) is 23.7 Å². The molecular formula is C12H7F6NO3S. The summed E-state index contributed by atoms with van der Waals surface area (Å²) in [5.41, 5.74) is -6.49. The highest BCUT2D eigenvalue weighted by atomic mass is 32.2. The van der Waals surface area contributed by atoms with E-state index in [9.17, 15) is 31.1 Å². The number of nitrogens with zero attached hydrogens (tertiary/aromatic N) is 1. The minimum atomic E-state index is -5.26. The van der Waals surface area contributed by atoms with Gasteiger partial charge in [-0.1, -0.05) is 0 Å². The Labute approximate surface area is 130 Å². The van der Waals surface area contributed by atoms with Gasteiger partial charge in [0.15, 0.2) is 0 Å². The average molecular weight is 359 g/mol. The highest BCUT2D eigenvalue weighted by Crippen LogP contribution is 2.45. The van der Waals surface area contributed by atoms with Gasteiger partial charge in [-0.05, 0) is 30.8 Å². The van der Waals surface area contributed by atoms with Crippen LogP contribution in [0.25, 0.3) is 0 Å². The molecule has 0 fully saturated rings. The first kappa shape index (κ1) is 19.0. The summed E-state index contributed by atoms with van der Waals surface area (Å²) in [4.78, 5) is 10.4. The van der Waals surface area contributed by atoms with E-state index in [1.807, 2.05) is 0 Å². The summed E-state index contributed by atoms with van der Waals surface area (Å²) in [6, 6.07) is 2.54. The fraction of sp³-hybridized carbons (Fsp3) is 0.333. The first-order valence-electron chi connectivity index (χ1n) is 5.74. The van der Waals surface area contributed by atoms with Crippen LogP contribution in [0.2, 0.25) is 0 Å². The molecule has 126 valence electrons. The van der Waals surface area contributed by atoms with Gasteiger partial charge in [0, 0.05) is 0 Å². The predicted molar refractivity (Wildman–Crippen MR) is 65.7 cm³/mol. The largest absolute Gasteiger partial charge is 0.573 e. The third-order valence-corrected chi connectivity index (χ3v) is 3.01. The molecule has 0 bridgehead atoms. The van der Waals surface area contributed by atoms with Crippen molar-refractivity contribution in [3.05, 3.63) is 23.3 Å². The molecule has 1 rings (SSSR count). The maximum Gasteiger partial charge on any atom is 0.573 e. The fourth-order valence-corrected chi connectivity index (χ4v) is 2.18. The predicted octanol–water partition coefficient (Wildman–Crippen LogP) is 4.25. The molecule has 0 spiro atoms. The van der Waals surface area contributed by atoms with E-state index in [2.05, 4.69) is 9.47 Å². The van der Waals surface area contributed by atoms with Crippen molar-refractivity contribution in [3.63, 3.8) is 0 Å². The number of carbonyl (C=O) groups is 1. The maximum atomic E-state index is 12.6. The van der Waals surface area contributed by atoms with E-state index in [1.54, 1.807) is 0 Å². The second kappa shape index (κ2) is 6.99. The highest BCUT2D eigenvalue weighted by Gasteiger charge is 2.38. The Hall–Kier alpha value is -2.09. The van der Waals surface area contributed by atoms with E-state index in [0.29, 0.717) is 6.07 Å². The lowest BCUT2D eigenvalue weighted by atomic mass is 10.1. The Morgan fingerprint density at radius 1 is 1.26 bits per heavy atom. The molecular weight excluding hydrogens is 352 g/mol. The molecule has 0 atom stereocenters. The van der Waals surface area contributed by atoms with E-state index >= 15 is 0 Å². The number of hydrogen-bond acceptors (Lipinski definition) is 5. The number of benzene rings is 1. The van der Waals surface area contributed by atoms with Gasteiger partial charge < -0.3 is 9.47 Å². The molecule has 0 aliphatic carbocycles. The number of halogens is 6. The molecule has 0 aromatic heterocycles. The summed E-state index contributed by atoms with van der Waals surface area (Å²) in [7, 11) is 0. The summed E-state index contributed by atoms with van der Waals surface area (Å²) < 4.78 is 82.5. The van der Waals surface area contributed by atoms with Crippen LogP contribution < -0.4 is 4.74 Å². The standard InChI is InChI=1S/C12H7F6NO3S/c1-2-21-10(20)6-3-4-8(22-11(13,14)15)9(7(6)5-19)23-12(16,17)18/h3-4H,2H2,1H3. The molecule has 0 aliphatic heterocycles. The zero-order chi connectivity index (χ0) is 17.8. The summed E-state index contributed by atoms with van der Waals surface area (Å²) in [5.74, 6) is -2.36. The van der Waals surface area contributed by atoms with Crippen molar-refractivity contribution in [2.24, 2.45) is 0 Å². The van der Waals surface area contributed by atoms with Crippen LogP contribution in [0.3, 0.4) is 0 Å². The van der Waals surface area contributed by atoms with E-state index < -0.39 is 51.4 Å². The van der Waals surface area contributed by atoms with Gasteiger partial charge in [0.1, 0.15) is 11.8 Å². The zero-order valence-electron chi connectivity index (χ0n) is 11.2. The molecule has 0 saturated carbocycles. The minimum absolute atomic E-state index is 0.133. The Balaban J connectivity index is 3.50. The smallest absolute Gasteiger partial charge is 0.462 e. The van der Waals surface area contributed by atoms with Gasteiger partial charge in [-0.2, -0.15) is 18.4 Å². The van der Waals surface area contributed by atoms with Gasteiger partial charge in [-0.3, -0.25) is 0 Å². The van der Waals surface area contributed by atoms with Crippen molar-refractivity contribution in [1.29, 1.82) is 5.26 Å². The molecule has 23 heavy (non-hydrogen) atoms. The van der Waals surface area contributed by atoms with Gasteiger partial charge in [-0.15, -0.1) is 13.2 Å². The lowest BCUT2D eigenvalue weighted by molar-refractivity contribution is -0.275. The summed E-state index contributed by atoms with van der Waals surface area (Å²) in [5, 5.41) is 8.96. The van der Waals surface area contributed by atoms with E-state index in [-0.39, 0.29) is 6.61 Å². The van der Waals surface area contributed by atoms with Crippen molar-refractivity contribution >= 4 is 17.7 Å². The second-order valence-corrected chi connectivity index (χ2v) is 4.82. The van der Waals surface area contributed by atoms with Gasteiger partial charge in [-0.25, -0.2) is 4.79 Å². The molecule has 0 unspecified atom stereocenters. The molecule has 0 amide bonds. The average Bonchev–Trinajstić information content (AvgIpc) is 2.37. The van der Waals surface area contributed by atoms with Crippen LogP contribution in [0.1, 0.15) is 22.8 Å². The lowest BCUT2D eigenvalue weighted by Crippen LogP contribution is -2.19. The Bertz CT molecular complexity index is 635. The van der Waals surface area contributed by atoms with Gasteiger partial charge >= 0.3 is 17.8 Å². The lowest BCUT2D eigenvalue weighted by Gasteiger charge is -2.16. The van der Waals surface area contributed by atoms with Crippen LogP contribution in [0.4, 0.5) is 26.3 Å². The fourth-order valence-electron chi connectivity index (χ4n) is 1.48. The third-order valence-electron chi connectivity index (χ3n) is 2.17. The highest BCUT2D eigenvalue weighted by molar-refractivity contribution is 8.00. The van der Waals surface area contributed by atoms with Gasteiger partial charge in [0.2, 0.25) is 0 Å². The Kier molecular flexibility index (Phi) is 5.76. The molecule has 0 radical (unpaired) electrons. The molecule has 0 saturated heterocycles. The first-order valence-corrected chi connectivity index (χ1v) is 6.56. The molecule has 0 N–H and O–H groups in total. The van der Waals surface area contributed by atoms with E-state index in [1.165, 1.54) is 13.0 Å². The van der Waals surface area contributed by atoms with E-state index in [0.717, 1.165) is 6.07 Å².